The van der Waals surface area contributed by atoms with Crippen LogP contribution in [0.4, 0.5) is 0 Å². The van der Waals surface area contributed by atoms with Crippen LogP contribution in [0.15, 0.2) is 72.3 Å². The molecule has 2 rings (SSSR count). The highest BCUT2D eigenvalue weighted by Gasteiger charge is 2.11. The maximum absolute atomic E-state index is 12.5. The quantitative estimate of drug-likeness (QED) is 0.230. The molecular weight excluding hydrogens is 442 g/mol. The minimum atomic E-state index is -1.26. The third-order valence-electron chi connectivity index (χ3n) is 5.11. The molecule has 0 aliphatic carbocycles. The molecule has 188 valence electrons. The predicted octanol–water partition coefficient (Wildman–Crippen LogP) is 6.08. The molecule has 0 bridgehead atoms. The summed E-state index contributed by atoms with van der Waals surface area (Å²) >= 11 is 0. The van der Waals surface area contributed by atoms with Crippen LogP contribution < -0.4 is 0 Å². The van der Waals surface area contributed by atoms with Gasteiger partial charge >= 0.3 is 11.9 Å². The lowest BCUT2D eigenvalue weighted by Crippen LogP contribution is -2.10. The Morgan fingerprint density at radius 3 is 1.77 bits per heavy atom. The summed E-state index contributed by atoms with van der Waals surface area (Å²) in [4.78, 5) is 33.8. The van der Waals surface area contributed by atoms with Crippen LogP contribution in [0, 0.1) is 5.92 Å². The first-order chi connectivity index (χ1) is 16.5. The van der Waals surface area contributed by atoms with Gasteiger partial charge in [-0.2, -0.15) is 0 Å². The average molecular weight is 480 g/mol. The molecule has 0 fully saturated rings. The molecule has 6 nitrogen and oxygen atoms in total. The molecule has 1 atom stereocenters. The SMILES string of the molecule is CC(C)=CCCC(C)CC(=O)c1ccc(-c2ccc(CN(C)C)cc2)cc1.O=C(O)/C=C/C(=O)O. The van der Waals surface area contributed by atoms with Gasteiger partial charge in [0.2, 0.25) is 0 Å². The molecule has 0 amide bonds. The lowest BCUT2D eigenvalue weighted by molar-refractivity contribution is -0.134. The van der Waals surface area contributed by atoms with Gasteiger partial charge in [-0.3, -0.25) is 4.79 Å². The molecule has 0 aromatic heterocycles. The highest BCUT2D eigenvalue weighted by atomic mass is 16.4. The van der Waals surface area contributed by atoms with E-state index in [1.807, 2.05) is 12.1 Å². The van der Waals surface area contributed by atoms with Crippen LogP contribution in [-0.2, 0) is 16.1 Å². The van der Waals surface area contributed by atoms with E-state index in [-0.39, 0.29) is 5.78 Å². The molecule has 0 heterocycles. The number of carbonyl (C=O) groups excluding carboxylic acids is 1. The number of nitrogens with zero attached hydrogens (tertiary/aromatic N) is 1. The van der Waals surface area contributed by atoms with E-state index in [1.54, 1.807) is 0 Å². The second-order valence-electron chi connectivity index (χ2n) is 9.11. The van der Waals surface area contributed by atoms with E-state index in [2.05, 4.69) is 82.2 Å². The van der Waals surface area contributed by atoms with Gasteiger partial charge in [-0.1, -0.05) is 67.1 Å². The molecule has 0 spiro atoms. The summed E-state index contributed by atoms with van der Waals surface area (Å²) in [6.45, 7) is 7.35. The van der Waals surface area contributed by atoms with Crippen molar-refractivity contribution >= 4 is 17.7 Å². The summed E-state index contributed by atoms with van der Waals surface area (Å²) in [7, 11) is 4.15. The first-order valence-corrected chi connectivity index (χ1v) is 11.6. The summed E-state index contributed by atoms with van der Waals surface area (Å²) in [6.07, 6.45) is 6.10. The molecule has 1 unspecified atom stereocenters. The third kappa shape index (κ3) is 13.1. The second kappa shape index (κ2) is 15.4. The van der Waals surface area contributed by atoms with Crippen molar-refractivity contribution in [2.75, 3.05) is 14.1 Å². The fourth-order valence-corrected chi connectivity index (χ4v) is 3.35. The van der Waals surface area contributed by atoms with Crippen molar-refractivity contribution in [1.29, 1.82) is 0 Å². The number of hydrogen-bond donors (Lipinski definition) is 2. The standard InChI is InChI=1S/C25H33NO.C4H4O4/c1-19(2)7-6-8-20(3)17-25(27)24-15-13-23(14-16-24)22-11-9-21(10-12-22)18-26(4)5;5-3(6)1-2-4(7)8/h7,9-16,20H,6,8,17-18H2,1-5H3;1-2H,(H,5,6)(H,7,8)/b;2-1+. The Balaban J connectivity index is 0.000000658. The van der Waals surface area contributed by atoms with Crippen LogP contribution in [0.3, 0.4) is 0 Å². The number of ketones is 1. The van der Waals surface area contributed by atoms with Crippen LogP contribution in [0.5, 0.6) is 0 Å². The zero-order valence-electron chi connectivity index (χ0n) is 21.3. The van der Waals surface area contributed by atoms with Gasteiger partial charge in [0, 0.05) is 30.7 Å². The number of aliphatic carboxylic acids is 2. The molecule has 0 radical (unpaired) electrons. The van der Waals surface area contributed by atoms with E-state index >= 15 is 0 Å². The summed E-state index contributed by atoms with van der Waals surface area (Å²) in [5, 5.41) is 15.6. The summed E-state index contributed by atoms with van der Waals surface area (Å²) in [5.74, 6) is -1.86. The van der Waals surface area contributed by atoms with Gasteiger partial charge in [0.1, 0.15) is 0 Å². The van der Waals surface area contributed by atoms with Crippen molar-refractivity contribution in [3.05, 3.63) is 83.5 Å². The number of rotatable bonds is 11. The first kappa shape index (κ1) is 29.5. The Labute approximate surface area is 208 Å². The Morgan fingerprint density at radius 1 is 0.857 bits per heavy atom. The number of benzene rings is 2. The van der Waals surface area contributed by atoms with E-state index in [9.17, 15) is 14.4 Å². The Hall–Kier alpha value is -3.51. The Morgan fingerprint density at radius 2 is 1.34 bits per heavy atom. The lowest BCUT2D eigenvalue weighted by Gasteiger charge is -2.11. The highest BCUT2D eigenvalue weighted by Crippen LogP contribution is 2.22. The smallest absolute Gasteiger partial charge is 0.328 e. The summed E-state index contributed by atoms with van der Waals surface area (Å²) in [5.41, 5.74) is 5.81. The van der Waals surface area contributed by atoms with Crippen LogP contribution in [0.2, 0.25) is 0 Å². The molecule has 2 N–H and O–H groups in total. The predicted molar refractivity (Wildman–Crippen MR) is 140 cm³/mol. The van der Waals surface area contributed by atoms with Gasteiger partial charge in [-0.05, 0) is 63.4 Å². The van der Waals surface area contributed by atoms with Crippen molar-refractivity contribution in [3.63, 3.8) is 0 Å². The number of carboxylic acid groups (broad SMARTS) is 2. The molecule has 0 aliphatic heterocycles. The minimum Gasteiger partial charge on any atom is -0.478 e. The lowest BCUT2D eigenvalue weighted by atomic mass is 9.94. The Bertz CT molecular complexity index is 998. The van der Waals surface area contributed by atoms with Gasteiger partial charge in [-0.25, -0.2) is 9.59 Å². The molecule has 2 aromatic carbocycles. The zero-order valence-corrected chi connectivity index (χ0v) is 21.3. The van der Waals surface area contributed by atoms with Crippen LogP contribution >= 0.6 is 0 Å². The van der Waals surface area contributed by atoms with Gasteiger partial charge in [0.05, 0.1) is 0 Å². The molecule has 35 heavy (non-hydrogen) atoms. The van der Waals surface area contributed by atoms with Gasteiger partial charge < -0.3 is 15.1 Å². The fraction of sp³-hybridized carbons (Fsp3) is 0.345. The van der Waals surface area contributed by atoms with Crippen molar-refractivity contribution < 1.29 is 24.6 Å². The largest absolute Gasteiger partial charge is 0.478 e. The second-order valence-corrected chi connectivity index (χ2v) is 9.11. The number of carbonyl (C=O) groups is 3. The number of allylic oxidation sites excluding steroid dienone is 2. The highest BCUT2D eigenvalue weighted by molar-refractivity contribution is 5.96. The van der Waals surface area contributed by atoms with Crippen molar-refractivity contribution in [3.8, 4) is 11.1 Å². The van der Waals surface area contributed by atoms with Gasteiger partial charge in [-0.15, -0.1) is 0 Å². The maximum Gasteiger partial charge on any atom is 0.328 e. The fourth-order valence-electron chi connectivity index (χ4n) is 3.35. The van der Waals surface area contributed by atoms with E-state index in [0.717, 1.165) is 30.5 Å². The van der Waals surface area contributed by atoms with Crippen LogP contribution in [0.1, 0.15) is 56.0 Å². The topological polar surface area (TPSA) is 94.9 Å². The molecule has 2 aromatic rings. The first-order valence-electron chi connectivity index (χ1n) is 11.6. The van der Waals surface area contributed by atoms with E-state index in [4.69, 9.17) is 10.2 Å². The van der Waals surface area contributed by atoms with E-state index in [1.165, 1.54) is 16.7 Å². The van der Waals surface area contributed by atoms with Gasteiger partial charge in [0.25, 0.3) is 0 Å². The van der Waals surface area contributed by atoms with Crippen LogP contribution in [-0.4, -0.2) is 46.9 Å². The summed E-state index contributed by atoms with van der Waals surface area (Å²) < 4.78 is 0. The number of carboxylic acids is 2. The van der Waals surface area contributed by atoms with Crippen LogP contribution in [0.25, 0.3) is 11.1 Å². The van der Waals surface area contributed by atoms with Crippen molar-refractivity contribution in [2.45, 2.75) is 46.6 Å². The maximum atomic E-state index is 12.5. The van der Waals surface area contributed by atoms with Gasteiger partial charge in [0.15, 0.2) is 5.78 Å². The van der Waals surface area contributed by atoms with Crippen molar-refractivity contribution in [2.24, 2.45) is 5.92 Å². The molecule has 0 saturated heterocycles. The molecule has 6 heteroatoms. The minimum absolute atomic E-state index is 0.243. The summed E-state index contributed by atoms with van der Waals surface area (Å²) in [6, 6.07) is 16.7. The molecular formula is C29H37NO5. The molecule has 0 aliphatic rings. The third-order valence-corrected chi connectivity index (χ3v) is 5.11. The number of hydrogen-bond acceptors (Lipinski definition) is 4. The average Bonchev–Trinajstić information content (AvgIpc) is 2.78. The van der Waals surface area contributed by atoms with Crippen molar-refractivity contribution in [1.82, 2.24) is 4.90 Å². The van der Waals surface area contributed by atoms with E-state index in [0.29, 0.717) is 24.5 Å². The van der Waals surface area contributed by atoms with E-state index < -0.39 is 11.9 Å². The monoisotopic (exact) mass is 479 g/mol. The Kier molecular flexibility index (Phi) is 13.0. The zero-order chi connectivity index (χ0) is 26.4. The molecule has 0 saturated carbocycles. The number of Topliss-reactive ketones (excluding diaryl/α,β-unsaturated/α-hetero) is 1. The normalized spacial score (nSPS) is 11.5.